The van der Waals surface area contributed by atoms with E-state index < -0.39 is 5.60 Å². The van der Waals surface area contributed by atoms with E-state index in [1.807, 2.05) is 18.2 Å². The van der Waals surface area contributed by atoms with E-state index in [-0.39, 0.29) is 5.56 Å². The zero-order chi connectivity index (χ0) is 16.5. The number of hydrogen-bond donors (Lipinski definition) is 1. The lowest BCUT2D eigenvalue weighted by molar-refractivity contribution is 0.0711. The number of fused-ring (bicyclic) bond motifs is 1. The Hall–Kier alpha value is -2.01. The Labute approximate surface area is 130 Å². The molecule has 1 aromatic heterocycles. The molecule has 0 radical (unpaired) electrons. The molecule has 0 amide bonds. The predicted octanol–water partition coefficient (Wildman–Crippen LogP) is 2.26. The maximum Gasteiger partial charge on any atom is 0.257 e. The van der Waals surface area contributed by atoms with Gasteiger partial charge in [-0.15, -0.1) is 0 Å². The summed E-state index contributed by atoms with van der Waals surface area (Å²) < 4.78 is 12.5. The second-order valence-corrected chi connectivity index (χ2v) is 6.04. The minimum atomic E-state index is -0.834. The first-order chi connectivity index (χ1) is 10.3. The van der Waals surface area contributed by atoms with Gasteiger partial charge in [-0.25, -0.2) is 0 Å². The molecule has 0 aliphatic carbocycles. The number of para-hydroxylation sites is 1. The van der Waals surface area contributed by atoms with Gasteiger partial charge in [-0.1, -0.05) is 6.07 Å². The van der Waals surface area contributed by atoms with Gasteiger partial charge >= 0.3 is 0 Å². The highest BCUT2D eigenvalue weighted by Gasteiger charge is 2.21. The molecule has 2 aromatic rings. The zero-order valence-electron chi connectivity index (χ0n) is 13.8. The maximum absolute atomic E-state index is 12.7. The molecule has 0 aliphatic heterocycles. The first-order valence-electron chi connectivity index (χ1n) is 7.25. The largest absolute Gasteiger partial charge is 0.496 e. The highest BCUT2D eigenvalue weighted by atomic mass is 16.5. The van der Waals surface area contributed by atoms with Crippen molar-refractivity contribution in [3.63, 3.8) is 0 Å². The molecule has 0 unspecified atom stereocenters. The predicted molar refractivity (Wildman–Crippen MR) is 86.9 cm³/mol. The summed E-state index contributed by atoms with van der Waals surface area (Å²) in [5.41, 5.74) is 0.323. The van der Waals surface area contributed by atoms with E-state index in [0.29, 0.717) is 35.4 Å². The summed E-state index contributed by atoms with van der Waals surface area (Å²) in [5.74, 6) is 1.19. The molecule has 0 spiro atoms. The van der Waals surface area contributed by atoms with Gasteiger partial charge in [0.25, 0.3) is 5.56 Å². The van der Waals surface area contributed by atoms with Crippen molar-refractivity contribution in [2.75, 3.05) is 14.2 Å². The molecule has 5 heteroatoms. The van der Waals surface area contributed by atoms with E-state index in [1.54, 1.807) is 39.7 Å². The molecule has 0 fully saturated rings. The average Bonchev–Trinajstić information content (AvgIpc) is 2.47. The van der Waals surface area contributed by atoms with E-state index in [1.165, 1.54) is 0 Å². The molecule has 1 N–H and O–H groups in total. The summed E-state index contributed by atoms with van der Waals surface area (Å²) in [4.78, 5) is 12.7. The fourth-order valence-electron chi connectivity index (χ4n) is 2.66. The van der Waals surface area contributed by atoms with Crippen molar-refractivity contribution in [1.82, 2.24) is 4.57 Å². The molecule has 0 aliphatic rings. The van der Waals surface area contributed by atoms with Crippen LogP contribution in [-0.2, 0) is 13.5 Å². The number of nitrogens with zero attached hydrogens (tertiary/aromatic N) is 1. The van der Waals surface area contributed by atoms with Crippen LogP contribution in [0.2, 0.25) is 0 Å². The number of pyridine rings is 1. The normalized spacial score (nSPS) is 11.7. The summed E-state index contributed by atoms with van der Waals surface area (Å²) in [5, 5.41) is 10.8. The highest BCUT2D eigenvalue weighted by Crippen LogP contribution is 2.33. The second kappa shape index (κ2) is 6.01. The van der Waals surface area contributed by atoms with Crippen molar-refractivity contribution in [1.29, 1.82) is 0 Å². The minimum Gasteiger partial charge on any atom is -0.496 e. The van der Waals surface area contributed by atoms with Gasteiger partial charge < -0.3 is 19.1 Å². The molecular formula is C17H23NO4. The van der Waals surface area contributed by atoms with Gasteiger partial charge in [-0.2, -0.15) is 0 Å². The van der Waals surface area contributed by atoms with Crippen LogP contribution in [0.25, 0.3) is 10.9 Å². The van der Waals surface area contributed by atoms with Crippen molar-refractivity contribution < 1.29 is 14.6 Å². The van der Waals surface area contributed by atoms with Crippen LogP contribution in [0.1, 0.15) is 25.8 Å². The Balaban J connectivity index is 2.73. The third-order valence-electron chi connectivity index (χ3n) is 3.83. The average molecular weight is 305 g/mol. The van der Waals surface area contributed by atoms with E-state index >= 15 is 0 Å². The number of aryl methyl sites for hydroxylation is 1. The smallest absolute Gasteiger partial charge is 0.257 e. The topological polar surface area (TPSA) is 60.7 Å². The van der Waals surface area contributed by atoms with Crippen LogP contribution in [0.5, 0.6) is 11.5 Å². The van der Waals surface area contributed by atoms with Gasteiger partial charge in [0.1, 0.15) is 11.5 Å². The molecule has 1 aromatic carbocycles. The van der Waals surface area contributed by atoms with Gasteiger partial charge in [-0.3, -0.25) is 4.79 Å². The number of aromatic nitrogens is 1. The summed E-state index contributed by atoms with van der Waals surface area (Å²) in [6.45, 7) is 3.46. The number of methoxy groups -OCH3 is 2. The number of benzene rings is 1. The van der Waals surface area contributed by atoms with E-state index in [9.17, 15) is 9.90 Å². The van der Waals surface area contributed by atoms with Gasteiger partial charge in [-0.05, 0) is 38.8 Å². The molecule has 0 saturated heterocycles. The number of hydrogen-bond acceptors (Lipinski definition) is 4. The first-order valence-corrected chi connectivity index (χ1v) is 7.25. The molecular weight excluding hydrogens is 282 g/mol. The minimum absolute atomic E-state index is 0.127. The molecule has 22 heavy (non-hydrogen) atoms. The summed E-state index contributed by atoms with van der Waals surface area (Å²) >= 11 is 0. The first kappa shape index (κ1) is 16.4. The van der Waals surface area contributed by atoms with Crippen LogP contribution in [0.3, 0.4) is 0 Å². The van der Waals surface area contributed by atoms with Crippen molar-refractivity contribution in [3.8, 4) is 11.5 Å². The lowest BCUT2D eigenvalue weighted by Crippen LogP contribution is -2.26. The zero-order valence-corrected chi connectivity index (χ0v) is 13.8. The Morgan fingerprint density at radius 1 is 1.23 bits per heavy atom. The van der Waals surface area contributed by atoms with Crippen molar-refractivity contribution in [3.05, 3.63) is 34.1 Å². The quantitative estimate of drug-likeness (QED) is 0.920. The Kier molecular flexibility index (Phi) is 4.47. The third kappa shape index (κ3) is 2.95. The monoisotopic (exact) mass is 305 g/mol. The lowest BCUT2D eigenvalue weighted by Gasteiger charge is -2.20. The fraction of sp³-hybridized carbons (Fsp3) is 0.471. The molecule has 1 heterocycles. The van der Waals surface area contributed by atoms with Crippen molar-refractivity contribution in [2.24, 2.45) is 7.05 Å². The Morgan fingerprint density at radius 3 is 2.45 bits per heavy atom. The van der Waals surface area contributed by atoms with Crippen LogP contribution in [0, 0.1) is 0 Å². The van der Waals surface area contributed by atoms with Gasteiger partial charge in [0.2, 0.25) is 0 Å². The van der Waals surface area contributed by atoms with Gasteiger partial charge in [0.15, 0.2) is 0 Å². The Bertz CT molecular complexity index is 741. The molecule has 0 bridgehead atoms. The van der Waals surface area contributed by atoms with E-state index in [4.69, 9.17) is 9.47 Å². The van der Waals surface area contributed by atoms with Crippen LogP contribution >= 0.6 is 0 Å². The fourth-order valence-corrected chi connectivity index (χ4v) is 2.66. The third-order valence-corrected chi connectivity index (χ3v) is 3.83. The lowest BCUT2D eigenvalue weighted by atomic mass is 9.97. The summed E-state index contributed by atoms with van der Waals surface area (Å²) in [7, 11) is 4.86. The maximum atomic E-state index is 12.7. The van der Waals surface area contributed by atoms with Crippen LogP contribution in [0.4, 0.5) is 0 Å². The van der Waals surface area contributed by atoms with Gasteiger partial charge in [0, 0.05) is 12.4 Å². The van der Waals surface area contributed by atoms with Crippen molar-refractivity contribution in [2.45, 2.75) is 32.3 Å². The SMILES string of the molecule is COc1c(CCC(C)(C)O)c(=O)n(C)c2c(OC)cccc12. The van der Waals surface area contributed by atoms with Gasteiger partial charge in [0.05, 0.1) is 30.9 Å². The summed E-state index contributed by atoms with van der Waals surface area (Å²) in [6.07, 6.45) is 0.931. The molecule has 5 nitrogen and oxygen atoms in total. The Morgan fingerprint density at radius 2 is 1.91 bits per heavy atom. The standard InChI is InChI=1S/C17H23NO4/c1-17(2,20)10-9-12-15(22-5)11-7-6-8-13(21-4)14(11)18(3)16(12)19/h6-8,20H,9-10H2,1-5H3. The number of ether oxygens (including phenoxy) is 2. The van der Waals surface area contributed by atoms with Crippen LogP contribution in [-0.4, -0.2) is 29.5 Å². The highest BCUT2D eigenvalue weighted by molar-refractivity contribution is 5.91. The number of aliphatic hydroxyl groups is 1. The van der Waals surface area contributed by atoms with E-state index in [0.717, 1.165) is 5.39 Å². The van der Waals surface area contributed by atoms with Crippen LogP contribution in [0.15, 0.2) is 23.0 Å². The van der Waals surface area contributed by atoms with Crippen molar-refractivity contribution >= 4 is 10.9 Å². The van der Waals surface area contributed by atoms with Crippen LogP contribution < -0.4 is 15.0 Å². The molecule has 0 saturated carbocycles. The number of rotatable bonds is 5. The summed E-state index contributed by atoms with van der Waals surface area (Å²) in [6, 6.07) is 5.59. The molecule has 120 valence electrons. The molecule has 0 atom stereocenters. The van der Waals surface area contributed by atoms with E-state index in [2.05, 4.69) is 0 Å². The second-order valence-electron chi connectivity index (χ2n) is 6.04. The molecule has 2 rings (SSSR count).